The molecule has 0 bridgehead atoms. The van der Waals surface area contributed by atoms with Crippen LogP contribution < -0.4 is 11.1 Å². The van der Waals surface area contributed by atoms with Gasteiger partial charge in [0, 0.05) is 24.0 Å². The molecule has 0 aliphatic rings. The lowest BCUT2D eigenvalue weighted by Crippen LogP contribution is -2.37. The summed E-state index contributed by atoms with van der Waals surface area (Å²) in [7, 11) is 0. The summed E-state index contributed by atoms with van der Waals surface area (Å²) < 4.78 is 0. The van der Waals surface area contributed by atoms with Gasteiger partial charge in [0.1, 0.15) is 0 Å². The molecule has 0 saturated heterocycles. The molecular weight excluding hydrogens is 240 g/mol. The van der Waals surface area contributed by atoms with Crippen molar-refractivity contribution in [2.24, 2.45) is 5.73 Å². The van der Waals surface area contributed by atoms with Crippen molar-refractivity contribution >= 4 is 11.6 Å². The highest BCUT2D eigenvalue weighted by atomic mass is 16.2. The number of carbonyl (C=O) groups excluding carboxylic acids is 1. The minimum absolute atomic E-state index is 0.188. The van der Waals surface area contributed by atoms with Crippen LogP contribution in [-0.4, -0.2) is 21.9 Å². The Bertz CT molecular complexity index is 543. The van der Waals surface area contributed by atoms with Crippen molar-refractivity contribution < 1.29 is 4.79 Å². The highest BCUT2D eigenvalue weighted by Crippen LogP contribution is 2.19. The number of anilines is 1. The minimum Gasteiger partial charge on any atom is -0.348 e. The van der Waals surface area contributed by atoms with Gasteiger partial charge in [0.2, 0.25) is 5.91 Å². The van der Waals surface area contributed by atoms with E-state index in [0.29, 0.717) is 6.42 Å². The van der Waals surface area contributed by atoms with E-state index in [4.69, 9.17) is 5.73 Å². The van der Waals surface area contributed by atoms with Gasteiger partial charge in [0.25, 0.3) is 0 Å². The number of rotatable bonds is 4. The summed E-state index contributed by atoms with van der Waals surface area (Å²) in [6.45, 7) is 3.92. The Kier molecular flexibility index (Phi) is 3.97. The van der Waals surface area contributed by atoms with Crippen molar-refractivity contribution in [2.45, 2.75) is 26.3 Å². The van der Waals surface area contributed by atoms with Crippen molar-refractivity contribution in [3.8, 4) is 0 Å². The Balaban J connectivity index is 2.04. The van der Waals surface area contributed by atoms with Crippen LogP contribution in [0.15, 0.2) is 30.7 Å². The summed E-state index contributed by atoms with van der Waals surface area (Å²) in [5, 5.41) is 2.89. The molecule has 2 aromatic rings. The SMILES string of the molecule is Cc1cccc(C)c1NC(=O)[C@@H](N)Cc1cnc[nH]1. The van der Waals surface area contributed by atoms with Crippen LogP contribution in [0.3, 0.4) is 0 Å². The molecule has 0 aliphatic carbocycles. The smallest absolute Gasteiger partial charge is 0.241 e. The number of para-hydroxylation sites is 1. The van der Waals surface area contributed by atoms with E-state index in [1.165, 1.54) is 0 Å². The fraction of sp³-hybridized carbons (Fsp3) is 0.286. The van der Waals surface area contributed by atoms with E-state index in [0.717, 1.165) is 22.5 Å². The number of nitrogens with one attached hydrogen (secondary N) is 2. The summed E-state index contributed by atoms with van der Waals surface area (Å²) in [6.07, 6.45) is 3.69. The number of benzene rings is 1. The number of carbonyl (C=O) groups is 1. The molecule has 2 rings (SSSR count). The second-order valence-corrected chi connectivity index (χ2v) is 4.64. The van der Waals surface area contributed by atoms with Crippen molar-refractivity contribution in [1.29, 1.82) is 0 Å². The van der Waals surface area contributed by atoms with Crippen LogP contribution in [0.1, 0.15) is 16.8 Å². The first-order valence-electron chi connectivity index (χ1n) is 6.18. The molecule has 1 aromatic carbocycles. The minimum atomic E-state index is -0.598. The number of nitrogens with two attached hydrogens (primary N) is 1. The highest BCUT2D eigenvalue weighted by Gasteiger charge is 2.16. The van der Waals surface area contributed by atoms with E-state index in [9.17, 15) is 4.79 Å². The lowest BCUT2D eigenvalue weighted by molar-refractivity contribution is -0.117. The standard InChI is InChI=1S/C14H18N4O/c1-9-4-3-5-10(2)13(9)18-14(19)12(15)6-11-7-16-8-17-11/h3-5,7-8,12H,6,15H2,1-2H3,(H,16,17)(H,18,19)/t12-/m0/s1. The Morgan fingerprint density at radius 1 is 1.42 bits per heavy atom. The summed E-state index contributed by atoms with van der Waals surface area (Å²) in [5.41, 5.74) is 9.65. The van der Waals surface area contributed by atoms with Crippen LogP contribution in [0.25, 0.3) is 0 Å². The van der Waals surface area contributed by atoms with Gasteiger partial charge in [-0.15, -0.1) is 0 Å². The monoisotopic (exact) mass is 258 g/mol. The average Bonchev–Trinajstić information content (AvgIpc) is 2.86. The number of amides is 1. The van der Waals surface area contributed by atoms with Gasteiger partial charge < -0.3 is 16.0 Å². The van der Waals surface area contributed by atoms with E-state index >= 15 is 0 Å². The zero-order chi connectivity index (χ0) is 13.8. The van der Waals surface area contributed by atoms with Gasteiger partial charge in [-0.1, -0.05) is 18.2 Å². The highest BCUT2D eigenvalue weighted by molar-refractivity contribution is 5.96. The van der Waals surface area contributed by atoms with Gasteiger partial charge in [0.05, 0.1) is 12.4 Å². The quantitative estimate of drug-likeness (QED) is 0.777. The van der Waals surface area contributed by atoms with Gasteiger partial charge in [-0.05, 0) is 25.0 Å². The van der Waals surface area contributed by atoms with Crippen LogP contribution >= 0.6 is 0 Å². The van der Waals surface area contributed by atoms with Gasteiger partial charge in [-0.2, -0.15) is 0 Å². The molecule has 0 radical (unpaired) electrons. The van der Waals surface area contributed by atoms with Crippen LogP contribution in [0.4, 0.5) is 5.69 Å². The number of aromatic nitrogens is 2. The summed E-state index contributed by atoms with van der Waals surface area (Å²) in [4.78, 5) is 18.9. The lowest BCUT2D eigenvalue weighted by atomic mass is 10.1. The van der Waals surface area contributed by atoms with Crippen molar-refractivity contribution in [1.82, 2.24) is 9.97 Å². The summed E-state index contributed by atoms with van der Waals surface area (Å²) >= 11 is 0. The maximum Gasteiger partial charge on any atom is 0.241 e. The molecule has 1 aromatic heterocycles. The number of imidazole rings is 1. The largest absolute Gasteiger partial charge is 0.348 e. The van der Waals surface area contributed by atoms with Crippen LogP contribution in [0, 0.1) is 13.8 Å². The number of H-pyrrole nitrogens is 1. The van der Waals surface area contributed by atoms with Crippen LogP contribution in [0.5, 0.6) is 0 Å². The first-order valence-corrected chi connectivity index (χ1v) is 6.18. The molecule has 1 atom stereocenters. The topological polar surface area (TPSA) is 83.8 Å². The summed E-state index contributed by atoms with van der Waals surface area (Å²) in [5.74, 6) is -0.188. The zero-order valence-electron chi connectivity index (χ0n) is 11.1. The van der Waals surface area contributed by atoms with Crippen LogP contribution in [-0.2, 0) is 11.2 Å². The van der Waals surface area contributed by atoms with Gasteiger partial charge >= 0.3 is 0 Å². The number of nitrogens with zero attached hydrogens (tertiary/aromatic N) is 1. The number of hydrogen-bond donors (Lipinski definition) is 3. The Labute approximate surface area is 112 Å². The van der Waals surface area contributed by atoms with Gasteiger partial charge in [0.15, 0.2) is 0 Å². The first kappa shape index (κ1) is 13.3. The fourth-order valence-electron chi connectivity index (χ4n) is 1.95. The van der Waals surface area contributed by atoms with E-state index in [2.05, 4.69) is 15.3 Å². The maximum atomic E-state index is 12.1. The third-order valence-corrected chi connectivity index (χ3v) is 3.06. The second kappa shape index (κ2) is 5.67. The molecule has 1 heterocycles. The normalized spacial score (nSPS) is 12.2. The number of hydrogen-bond acceptors (Lipinski definition) is 3. The predicted molar refractivity (Wildman–Crippen MR) is 74.8 cm³/mol. The number of aromatic amines is 1. The van der Waals surface area contributed by atoms with Crippen molar-refractivity contribution in [2.75, 3.05) is 5.32 Å². The van der Waals surface area contributed by atoms with Gasteiger partial charge in [-0.3, -0.25) is 4.79 Å². The second-order valence-electron chi connectivity index (χ2n) is 4.64. The van der Waals surface area contributed by atoms with Gasteiger partial charge in [-0.25, -0.2) is 4.98 Å². The molecule has 0 spiro atoms. The van der Waals surface area contributed by atoms with Crippen molar-refractivity contribution in [3.05, 3.63) is 47.5 Å². The predicted octanol–water partition coefficient (Wildman–Crippen LogP) is 1.54. The molecule has 1 amide bonds. The molecule has 0 unspecified atom stereocenters. The molecule has 5 nitrogen and oxygen atoms in total. The van der Waals surface area contributed by atoms with E-state index in [-0.39, 0.29) is 5.91 Å². The van der Waals surface area contributed by atoms with Crippen molar-refractivity contribution in [3.63, 3.8) is 0 Å². The third kappa shape index (κ3) is 3.20. The molecule has 5 heteroatoms. The molecule has 100 valence electrons. The Morgan fingerprint density at radius 2 is 2.11 bits per heavy atom. The first-order chi connectivity index (χ1) is 9.08. The molecule has 0 aliphatic heterocycles. The Morgan fingerprint density at radius 3 is 2.68 bits per heavy atom. The molecule has 0 saturated carbocycles. The lowest BCUT2D eigenvalue weighted by Gasteiger charge is -2.15. The van der Waals surface area contributed by atoms with E-state index in [1.807, 2.05) is 32.0 Å². The Hall–Kier alpha value is -2.14. The van der Waals surface area contributed by atoms with E-state index < -0.39 is 6.04 Å². The van der Waals surface area contributed by atoms with Crippen LogP contribution in [0.2, 0.25) is 0 Å². The zero-order valence-corrected chi connectivity index (χ0v) is 11.1. The molecule has 4 N–H and O–H groups in total. The summed E-state index contributed by atoms with van der Waals surface area (Å²) in [6, 6.07) is 5.29. The molecule has 0 fully saturated rings. The molecular formula is C14H18N4O. The maximum absolute atomic E-state index is 12.1. The van der Waals surface area contributed by atoms with E-state index in [1.54, 1.807) is 12.5 Å². The molecule has 19 heavy (non-hydrogen) atoms. The fourth-order valence-corrected chi connectivity index (χ4v) is 1.95. The third-order valence-electron chi connectivity index (χ3n) is 3.06. The number of aryl methyl sites for hydroxylation is 2. The average molecular weight is 258 g/mol.